The predicted molar refractivity (Wildman–Crippen MR) is 120 cm³/mol. The first-order valence-corrected chi connectivity index (χ1v) is 12.6. The highest BCUT2D eigenvalue weighted by atomic mass is 32.2. The summed E-state index contributed by atoms with van der Waals surface area (Å²) >= 11 is 0. The van der Waals surface area contributed by atoms with Gasteiger partial charge in [-0.25, -0.2) is 4.98 Å². The van der Waals surface area contributed by atoms with E-state index in [0.29, 0.717) is 22.6 Å². The highest BCUT2D eigenvalue weighted by Crippen LogP contribution is 2.37. The van der Waals surface area contributed by atoms with Crippen molar-refractivity contribution >= 4 is 22.6 Å². The molecule has 1 aromatic carbocycles. The number of anilines is 2. The van der Waals surface area contributed by atoms with E-state index in [4.69, 9.17) is 4.98 Å². The number of aromatic nitrogens is 2. The van der Waals surface area contributed by atoms with E-state index >= 15 is 0 Å². The van der Waals surface area contributed by atoms with Crippen LogP contribution in [-0.4, -0.2) is 50.8 Å². The van der Waals surface area contributed by atoms with Crippen LogP contribution in [0.15, 0.2) is 29.3 Å². The Kier molecular flexibility index (Phi) is 5.27. The van der Waals surface area contributed by atoms with Crippen LogP contribution in [0.2, 0.25) is 0 Å². The number of aliphatic hydroxyl groups excluding tert-OH is 1. The van der Waals surface area contributed by atoms with Gasteiger partial charge in [0, 0.05) is 19.3 Å². The number of aliphatic hydroxyl groups is 1. The third kappa shape index (κ3) is 3.62. The average molecular weight is 427 g/mol. The maximum absolute atomic E-state index is 12.2. The molecule has 1 saturated heterocycles. The summed E-state index contributed by atoms with van der Waals surface area (Å²) in [6, 6.07) is 7.04. The van der Waals surface area contributed by atoms with Gasteiger partial charge in [-0.15, -0.1) is 0 Å². The van der Waals surface area contributed by atoms with Crippen LogP contribution in [0.5, 0.6) is 0 Å². The van der Waals surface area contributed by atoms with E-state index < -0.39 is 10.8 Å². The second kappa shape index (κ2) is 7.93. The SMILES string of the molecule is CS(=O)c1cnc(N2CCC(c3ccc4c(c3)CC4)CC2)nc1NC1(CO)CCC1. The van der Waals surface area contributed by atoms with Gasteiger partial charge >= 0.3 is 0 Å². The quantitative estimate of drug-likeness (QED) is 0.739. The molecule has 1 unspecified atom stereocenters. The molecule has 1 atom stereocenters. The molecule has 6 nitrogen and oxygen atoms in total. The molecular weight excluding hydrogens is 396 g/mol. The van der Waals surface area contributed by atoms with E-state index in [0.717, 1.165) is 45.2 Å². The van der Waals surface area contributed by atoms with Crippen molar-refractivity contribution < 1.29 is 9.32 Å². The number of aryl methyl sites for hydroxylation is 2. The molecule has 2 N–H and O–H groups in total. The fourth-order valence-electron chi connectivity index (χ4n) is 4.87. The molecule has 2 aromatic rings. The van der Waals surface area contributed by atoms with Gasteiger partial charge in [0.25, 0.3) is 0 Å². The Labute approximate surface area is 180 Å². The van der Waals surface area contributed by atoms with Gasteiger partial charge < -0.3 is 15.3 Å². The van der Waals surface area contributed by atoms with Crippen molar-refractivity contribution in [2.45, 2.75) is 61.3 Å². The van der Waals surface area contributed by atoms with E-state index in [1.165, 1.54) is 29.5 Å². The number of hydrogen-bond donors (Lipinski definition) is 2. The summed E-state index contributed by atoms with van der Waals surface area (Å²) in [5.74, 6) is 1.90. The van der Waals surface area contributed by atoms with E-state index in [1.54, 1.807) is 12.5 Å². The molecule has 30 heavy (non-hydrogen) atoms. The van der Waals surface area contributed by atoms with Crippen molar-refractivity contribution in [1.82, 2.24) is 9.97 Å². The van der Waals surface area contributed by atoms with Crippen molar-refractivity contribution in [2.75, 3.05) is 36.2 Å². The molecule has 1 saturated carbocycles. The minimum Gasteiger partial charge on any atom is -0.394 e. The molecule has 2 fully saturated rings. The zero-order valence-electron chi connectivity index (χ0n) is 17.6. The molecule has 7 heteroatoms. The molecular formula is C23H30N4O2S. The lowest BCUT2D eigenvalue weighted by atomic mass is 9.77. The van der Waals surface area contributed by atoms with Gasteiger partial charge in [-0.1, -0.05) is 18.2 Å². The van der Waals surface area contributed by atoms with Crippen LogP contribution in [0.3, 0.4) is 0 Å². The van der Waals surface area contributed by atoms with Crippen molar-refractivity contribution in [3.8, 4) is 0 Å². The molecule has 1 aromatic heterocycles. The standard InChI is InChI=1S/C23H30N4O2S/c1-30(29)20-14-24-22(25-21(20)26-23(15-28)9-2-10-23)27-11-7-17(8-12-27)19-6-4-16-3-5-18(16)13-19/h4,6,13-14,17,28H,2-3,5,7-12,15H2,1H3,(H,24,25,26). The molecule has 0 spiro atoms. The highest BCUT2D eigenvalue weighted by Gasteiger charge is 2.37. The minimum atomic E-state index is -1.19. The van der Waals surface area contributed by atoms with Crippen molar-refractivity contribution in [3.05, 3.63) is 41.1 Å². The summed E-state index contributed by atoms with van der Waals surface area (Å²) in [5.41, 5.74) is 4.20. The van der Waals surface area contributed by atoms with E-state index in [1.807, 2.05) is 0 Å². The van der Waals surface area contributed by atoms with Crippen LogP contribution < -0.4 is 10.2 Å². The third-order valence-electron chi connectivity index (χ3n) is 7.19. The Hall–Kier alpha value is -1.99. The zero-order valence-corrected chi connectivity index (χ0v) is 18.4. The van der Waals surface area contributed by atoms with Crippen molar-refractivity contribution in [3.63, 3.8) is 0 Å². The van der Waals surface area contributed by atoms with Gasteiger partial charge in [0.05, 0.1) is 34.0 Å². The second-order valence-corrected chi connectivity index (χ2v) is 10.4. The van der Waals surface area contributed by atoms with Gasteiger partial charge in [-0.2, -0.15) is 4.98 Å². The van der Waals surface area contributed by atoms with Crippen LogP contribution >= 0.6 is 0 Å². The molecule has 0 radical (unpaired) electrons. The van der Waals surface area contributed by atoms with Crippen LogP contribution in [0, 0.1) is 0 Å². The van der Waals surface area contributed by atoms with E-state index in [-0.39, 0.29) is 12.1 Å². The Morgan fingerprint density at radius 3 is 2.57 bits per heavy atom. The summed E-state index contributed by atoms with van der Waals surface area (Å²) in [6.45, 7) is 1.90. The largest absolute Gasteiger partial charge is 0.394 e. The van der Waals surface area contributed by atoms with Crippen LogP contribution in [0.25, 0.3) is 0 Å². The highest BCUT2D eigenvalue weighted by molar-refractivity contribution is 7.84. The van der Waals surface area contributed by atoms with Gasteiger partial charge in [0.15, 0.2) is 0 Å². The Morgan fingerprint density at radius 2 is 2.00 bits per heavy atom. The third-order valence-corrected chi connectivity index (χ3v) is 8.11. The first-order chi connectivity index (χ1) is 14.6. The predicted octanol–water partition coefficient (Wildman–Crippen LogP) is 3.02. The fraction of sp³-hybridized carbons (Fsp3) is 0.565. The lowest BCUT2D eigenvalue weighted by Crippen LogP contribution is -2.48. The number of hydrogen-bond acceptors (Lipinski definition) is 6. The number of nitrogens with one attached hydrogen (secondary N) is 1. The number of rotatable bonds is 6. The summed E-state index contributed by atoms with van der Waals surface area (Å²) < 4.78 is 12.2. The Morgan fingerprint density at radius 1 is 1.23 bits per heavy atom. The molecule has 0 amide bonds. The fourth-order valence-corrected chi connectivity index (χ4v) is 5.44. The minimum absolute atomic E-state index is 0.0638. The van der Waals surface area contributed by atoms with Gasteiger partial charge in [-0.3, -0.25) is 4.21 Å². The summed E-state index contributed by atoms with van der Waals surface area (Å²) in [5, 5.41) is 13.2. The lowest BCUT2D eigenvalue weighted by Gasteiger charge is -2.41. The molecule has 0 bridgehead atoms. The van der Waals surface area contributed by atoms with Crippen LogP contribution in [0.1, 0.15) is 54.7 Å². The maximum Gasteiger partial charge on any atom is 0.227 e. The topological polar surface area (TPSA) is 78.4 Å². The molecule has 2 heterocycles. The monoisotopic (exact) mass is 426 g/mol. The maximum atomic E-state index is 12.2. The number of fused-ring (bicyclic) bond motifs is 1. The Bertz CT molecular complexity index is 962. The molecule has 3 aliphatic rings. The smallest absolute Gasteiger partial charge is 0.227 e. The number of nitrogens with zero attached hydrogens (tertiary/aromatic N) is 3. The summed E-state index contributed by atoms with van der Waals surface area (Å²) in [7, 11) is -1.19. The van der Waals surface area contributed by atoms with Gasteiger partial charge in [0.1, 0.15) is 5.82 Å². The first kappa shape index (κ1) is 19.9. The van der Waals surface area contributed by atoms with Crippen LogP contribution in [0.4, 0.5) is 11.8 Å². The van der Waals surface area contributed by atoms with Crippen LogP contribution in [-0.2, 0) is 23.6 Å². The number of benzene rings is 1. The molecule has 160 valence electrons. The average Bonchev–Trinajstić information content (AvgIpc) is 2.71. The van der Waals surface area contributed by atoms with E-state index in [9.17, 15) is 9.32 Å². The van der Waals surface area contributed by atoms with Gasteiger partial charge in [-0.05, 0) is 67.6 Å². The number of piperidine rings is 1. The summed E-state index contributed by atoms with van der Waals surface area (Å²) in [6.07, 6.45) is 10.9. The second-order valence-electron chi connectivity index (χ2n) is 9.04. The van der Waals surface area contributed by atoms with Crippen molar-refractivity contribution in [1.29, 1.82) is 0 Å². The summed E-state index contributed by atoms with van der Waals surface area (Å²) in [4.78, 5) is 12.1. The normalized spacial score (nSPS) is 21.3. The zero-order chi connectivity index (χ0) is 20.7. The molecule has 5 rings (SSSR count). The molecule has 2 aliphatic carbocycles. The lowest BCUT2D eigenvalue weighted by molar-refractivity contribution is 0.143. The first-order valence-electron chi connectivity index (χ1n) is 11.0. The van der Waals surface area contributed by atoms with Gasteiger partial charge in [0.2, 0.25) is 5.95 Å². The van der Waals surface area contributed by atoms with E-state index in [2.05, 4.69) is 33.4 Å². The van der Waals surface area contributed by atoms with Crippen molar-refractivity contribution in [2.24, 2.45) is 0 Å². The Balaban J connectivity index is 1.31. The molecule has 1 aliphatic heterocycles.